The number of ether oxygens (including phenoxy) is 1. The fourth-order valence-electron chi connectivity index (χ4n) is 2.43. The molecular weight excluding hydrogens is 318 g/mol. The van der Waals surface area contributed by atoms with Gasteiger partial charge in [-0.15, -0.1) is 0 Å². The summed E-state index contributed by atoms with van der Waals surface area (Å²) in [5, 5.41) is -0.186. The van der Waals surface area contributed by atoms with Crippen LogP contribution in [0.15, 0.2) is 29.6 Å². The van der Waals surface area contributed by atoms with Gasteiger partial charge >= 0.3 is 5.97 Å². The Labute approximate surface area is 132 Å². The van der Waals surface area contributed by atoms with Gasteiger partial charge in [0.25, 0.3) is 0 Å². The quantitative estimate of drug-likeness (QED) is 0.679. The Morgan fingerprint density at radius 3 is 2.74 bits per heavy atom. The van der Waals surface area contributed by atoms with E-state index in [0.29, 0.717) is 11.0 Å². The van der Waals surface area contributed by atoms with Gasteiger partial charge in [0.1, 0.15) is 11.8 Å². The average molecular weight is 333 g/mol. The molecule has 0 aliphatic carbocycles. The lowest BCUT2D eigenvalue weighted by Gasteiger charge is -2.08. The summed E-state index contributed by atoms with van der Waals surface area (Å²) < 4.78 is 30.8. The summed E-state index contributed by atoms with van der Waals surface area (Å²) in [6.07, 6.45) is 2.47. The molecule has 2 heterocycles. The summed E-state index contributed by atoms with van der Waals surface area (Å²) in [5.74, 6) is -0.672. The van der Waals surface area contributed by atoms with Crippen molar-refractivity contribution in [2.24, 2.45) is 0 Å². The summed E-state index contributed by atoms with van der Waals surface area (Å²) in [5.41, 5.74) is 2.26. The van der Waals surface area contributed by atoms with E-state index < -0.39 is 15.8 Å². The molecule has 2 aromatic heterocycles. The first-order valence-electron chi connectivity index (χ1n) is 6.97. The van der Waals surface area contributed by atoms with Crippen molar-refractivity contribution < 1.29 is 17.9 Å². The van der Waals surface area contributed by atoms with Crippen LogP contribution in [0, 0.1) is 6.92 Å². The standard InChI is InChI=1S/C15H15N3O4S/c1-4-22-15(19)12-13-14(23(3,20)21)17-10-6-5-9(2)7-11(10)18(13)8-16-12/h5-8H,4H2,1-3H3. The monoisotopic (exact) mass is 333 g/mol. The Kier molecular flexibility index (Phi) is 3.56. The van der Waals surface area contributed by atoms with Crippen LogP contribution in [-0.4, -0.2) is 41.6 Å². The molecule has 0 saturated carbocycles. The van der Waals surface area contributed by atoms with E-state index in [-0.39, 0.29) is 22.8 Å². The van der Waals surface area contributed by atoms with Crippen LogP contribution >= 0.6 is 0 Å². The van der Waals surface area contributed by atoms with Crippen molar-refractivity contribution in [3.05, 3.63) is 35.8 Å². The molecule has 120 valence electrons. The second-order valence-electron chi connectivity index (χ2n) is 5.21. The molecule has 8 heteroatoms. The second-order valence-corrected chi connectivity index (χ2v) is 7.14. The number of carbonyl (C=O) groups is 1. The molecule has 0 saturated heterocycles. The van der Waals surface area contributed by atoms with Gasteiger partial charge in [-0.3, -0.25) is 4.40 Å². The van der Waals surface area contributed by atoms with Crippen LogP contribution in [-0.2, 0) is 14.6 Å². The lowest BCUT2D eigenvalue weighted by Crippen LogP contribution is -2.10. The fourth-order valence-corrected chi connectivity index (χ4v) is 3.24. The van der Waals surface area contributed by atoms with Crippen molar-refractivity contribution in [1.29, 1.82) is 0 Å². The highest BCUT2D eigenvalue weighted by Crippen LogP contribution is 2.25. The van der Waals surface area contributed by atoms with Crippen LogP contribution in [0.1, 0.15) is 23.0 Å². The van der Waals surface area contributed by atoms with Crippen molar-refractivity contribution in [1.82, 2.24) is 14.4 Å². The molecule has 1 aromatic carbocycles. The number of sulfone groups is 1. The number of benzene rings is 1. The second kappa shape index (κ2) is 5.31. The number of aromatic nitrogens is 3. The highest BCUT2D eigenvalue weighted by atomic mass is 32.2. The molecular formula is C15H15N3O4S. The minimum Gasteiger partial charge on any atom is -0.461 e. The lowest BCUT2D eigenvalue weighted by atomic mass is 10.2. The van der Waals surface area contributed by atoms with Gasteiger partial charge in [-0.1, -0.05) is 6.07 Å². The van der Waals surface area contributed by atoms with Gasteiger partial charge in [0.15, 0.2) is 20.6 Å². The topological polar surface area (TPSA) is 90.6 Å². The number of rotatable bonds is 3. The maximum atomic E-state index is 12.1. The van der Waals surface area contributed by atoms with E-state index >= 15 is 0 Å². The number of imidazole rings is 1. The van der Waals surface area contributed by atoms with Crippen LogP contribution in [0.25, 0.3) is 16.6 Å². The molecule has 0 unspecified atom stereocenters. The SMILES string of the molecule is CCOC(=O)c1ncn2c1c(S(C)(=O)=O)nc1ccc(C)cc12. The number of hydrogen-bond donors (Lipinski definition) is 0. The molecule has 0 fully saturated rings. The zero-order valence-electron chi connectivity index (χ0n) is 12.9. The van der Waals surface area contributed by atoms with Gasteiger partial charge in [0, 0.05) is 6.26 Å². The molecule has 0 radical (unpaired) electrons. The summed E-state index contributed by atoms with van der Waals surface area (Å²) in [6, 6.07) is 5.44. The van der Waals surface area contributed by atoms with Gasteiger partial charge in [-0.25, -0.2) is 23.2 Å². The summed E-state index contributed by atoms with van der Waals surface area (Å²) in [7, 11) is -3.65. The summed E-state index contributed by atoms with van der Waals surface area (Å²) in [6.45, 7) is 3.76. The minimum absolute atomic E-state index is 0.0526. The molecule has 0 bridgehead atoms. The Hall–Kier alpha value is -2.48. The normalized spacial score (nSPS) is 12.0. The number of esters is 1. The molecule has 3 aromatic rings. The van der Waals surface area contributed by atoms with Crippen LogP contribution < -0.4 is 0 Å². The van der Waals surface area contributed by atoms with Gasteiger partial charge in [0.05, 0.1) is 17.6 Å². The average Bonchev–Trinajstić information content (AvgIpc) is 2.90. The Bertz CT molecular complexity index is 1040. The third-order valence-electron chi connectivity index (χ3n) is 3.40. The molecule has 3 rings (SSSR count). The smallest absolute Gasteiger partial charge is 0.359 e. The van der Waals surface area contributed by atoms with Crippen molar-refractivity contribution >= 4 is 32.4 Å². The van der Waals surface area contributed by atoms with Crippen LogP contribution in [0.5, 0.6) is 0 Å². The molecule has 0 atom stereocenters. The van der Waals surface area contributed by atoms with E-state index in [0.717, 1.165) is 11.8 Å². The van der Waals surface area contributed by atoms with Gasteiger partial charge in [-0.2, -0.15) is 0 Å². The highest BCUT2D eigenvalue weighted by molar-refractivity contribution is 7.90. The van der Waals surface area contributed by atoms with Crippen molar-refractivity contribution in [2.45, 2.75) is 18.9 Å². The number of nitrogens with zero attached hydrogens (tertiary/aromatic N) is 3. The van der Waals surface area contributed by atoms with E-state index in [1.165, 1.54) is 6.33 Å². The van der Waals surface area contributed by atoms with Crippen molar-refractivity contribution in [2.75, 3.05) is 12.9 Å². The van der Waals surface area contributed by atoms with E-state index in [4.69, 9.17) is 4.74 Å². The Morgan fingerprint density at radius 1 is 1.35 bits per heavy atom. The molecule has 7 nitrogen and oxygen atoms in total. The number of fused-ring (bicyclic) bond motifs is 3. The number of carbonyl (C=O) groups excluding carboxylic acids is 1. The van der Waals surface area contributed by atoms with Crippen LogP contribution in [0.2, 0.25) is 0 Å². The molecule has 0 N–H and O–H groups in total. The van der Waals surface area contributed by atoms with E-state index in [1.54, 1.807) is 17.4 Å². The van der Waals surface area contributed by atoms with Gasteiger partial charge < -0.3 is 4.74 Å². The largest absolute Gasteiger partial charge is 0.461 e. The van der Waals surface area contributed by atoms with Crippen LogP contribution in [0.3, 0.4) is 0 Å². The van der Waals surface area contributed by atoms with E-state index in [2.05, 4.69) is 9.97 Å². The maximum absolute atomic E-state index is 12.1. The lowest BCUT2D eigenvalue weighted by molar-refractivity contribution is 0.0522. The highest BCUT2D eigenvalue weighted by Gasteiger charge is 2.25. The van der Waals surface area contributed by atoms with E-state index in [1.807, 2.05) is 19.1 Å². The zero-order valence-corrected chi connectivity index (χ0v) is 13.7. The summed E-state index contributed by atoms with van der Waals surface area (Å²) >= 11 is 0. The Balaban J connectivity index is 2.49. The number of hydrogen-bond acceptors (Lipinski definition) is 6. The molecule has 23 heavy (non-hydrogen) atoms. The molecule has 0 aliphatic rings. The third kappa shape index (κ3) is 2.55. The summed E-state index contributed by atoms with van der Waals surface area (Å²) in [4.78, 5) is 20.4. The van der Waals surface area contributed by atoms with E-state index in [9.17, 15) is 13.2 Å². The molecule has 0 aliphatic heterocycles. The first-order valence-corrected chi connectivity index (χ1v) is 8.86. The fraction of sp³-hybridized carbons (Fsp3) is 0.267. The molecule has 0 spiro atoms. The van der Waals surface area contributed by atoms with Gasteiger partial charge in [0.2, 0.25) is 0 Å². The van der Waals surface area contributed by atoms with Gasteiger partial charge in [-0.05, 0) is 31.5 Å². The maximum Gasteiger partial charge on any atom is 0.359 e. The number of aryl methyl sites for hydroxylation is 1. The Morgan fingerprint density at radius 2 is 2.09 bits per heavy atom. The molecule has 0 amide bonds. The van der Waals surface area contributed by atoms with Crippen molar-refractivity contribution in [3.8, 4) is 0 Å². The third-order valence-corrected chi connectivity index (χ3v) is 4.39. The van der Waals surface area contributed by atoms with Crippen LogP contribution in [0.4, 0.5) is 0 Å². The minimum atomic E-state index is -3.65. The first kappa shape index (κ1) is 15.4. The zero-order chi connectivity index (χ0) is 16.8. The van der Waals surface area contributed by atoms with Crippen molar-refractivity contribution in [3.63, 3.8) is 0 Å². The first-order chi connectivity index (χ1) is 10.8. The predicted octanol–water partition coefficient (Wildman–Crippen LogP) is 1.77. The predicted molar refractivity (Wildman–Crippen MR) is 84.3 cm³/mol.